The van der Waals surface area contributed by atoms with E-state index in [1.54, 1.807) is 0 Å². The quantitative estimate of drug-likeness (QED) is 0.124. The summed E-state index contributed by atoms with van der Waals surface area (Å²) in [5.74, 6) is 0. The second kappa shape index (κ2) is 23.1. The number of rotatable bonds is 25. The Kier molecular flexibility index (Phi) is 21.3. The van der Waals surface area contributed by atoms with E-state index in [1.165, 1.54) is 161 Å². The molecule has 1 aliphatic heterocycles. The highest BCUT2D eigenvalue weighted by molar-refractivity contribution is 4.96. The molecule has 2 heteroatoms. The maximum atomic E-state index is 2.64. The van der Waals surface area contributed by atoms with Crippen LogP contribution < -0.4 is 0 Å². The average Bonchev–Trinajstić information content (AvgIpc) is 3.20. The molecule has 0 amide bonds. The third-order valence-electron chi connectivity index (χ3n) is 7.55. The van der Waals surface area contributed by atoms with Crippen molar-refractivity contribution in [1.82, 2.24) is 9.80 Å². The molecule has 196 valence electrons. The Hall–Kier alpha value is -0.660. The van der Waals surface area contributed by atoms with E-state index >= 15 is 0 Å². The third-order valence-corrected chi connectivity index (χ3v) is 7.55. The van der Waals surface area contributed by atoms with E-state index in [0.717, 1.165) is 0 Å². The van der Waals surface area contributed by atoms with Crippen LogP contribution in [0.5, 0.6) is 0 Å². The number of hydrogen-bond donors (Lipinski definition) is 0. The zero-order chi connectivity index (χ0) is 23.8. The lowest BCUT2D eigenvalue weighted by Gasteiger charge is -2.33. The van der Waals surface area contributed by atoms with Crippen LogP contribution in [0.2, 0.25) is 0 Å². The van der Waals surface area contributed by atoms with Gasteiger partial charge in [0.15, 0.2) is 0 Å². The van der Waals surface area contributed by atoms with Gasteiger partial charge in [0.05, 0.1) is 0 Å². The molecule has 0 N–H and O–H groups in total. The maximum absolute atomic E-state index is 2.64. The van der Waals surface area contributed by atoms with Crippen LogP contribution in [-0.2, 0) is 0 Å². The number of unbranched alkanes of at least 4 members (excludes halogenated alkanes) is 19. The minimum absolute atomic E-state index is 0.636. The Morgan fingerprint density at radius 2 is 0.697 bits per heavy atom. The van der Waals surface area contributed by atoms with Gasteiger partial charge < -0.3 is 9.80 Å². The van der Waals surface area contributed by atoms with Gasteiger partial charge in [0.25, 0.3) is 0 Å². The van der Waals surface area contributed by atoms with Crippen molar-refractivity contribution in [2.24, 2.45) is 0 Å². The van der Waals surface area contributed by atoms with Crippen molar-refractivity contribution in [3.63, 3.8) is 0 Å². The molecule has 1 heterocycles. The molecule has 0 radical (unpaired) electrons. The molecule has 0 saturated carbocycles. The summed E-state index contributed by atoms with van der Waals surface area (Å²) in [5.41, 5.74) is 0. The van der Waals surface area contributed by atoms with Crippen LogP contribution in [0.15, 0.2) is 12.4 Å². The smallest absolute Gasteiger partial charge is 0.101 e. The lowest BCUT2D eigenvalue weighted by atomic mass is 10.0. The van der Waals surface area contributed by atoms with Crippen LogP contribution in [0.25, 0.3) is 0 Å². The molecule has 0 aromatic carbocycles. The summed E-state index contributed by atoms with van der Waals surface area (Å²) in [5, 5.41) is 0. The van der Waals surface area contributed by atoms with Gasteiger partial charge in [-0.15, -0.1) is 0 Å². The van der Waals surface area contributed by atoms with Crippen LogP contribution in [0.3, 0.4) is 0 Å². The topological polar surface area (TPSA) is 6.48 Å². The van der Waals surface area contributed by atoms with Crippen molar-refractivity contribution in [2.75, 3.05) is 13.1 Å². The van der Waals surface area contributed by atoms with Gasteiger partial charge >= 0.3 is 0 Å². The lowest BCUT2D eigenvalue weighted by Crippen LogP contribution is -2.39. The van der Waals surface area contributed by atoms with Crippen LogP contribution in [0.1, 0.15) is 168 Å². The average molecular weight is 463 g/mol. The van der Waals surface area contributed by atoms with E-state index in [0.29, 0.717) is 6.17 Å². The largest absolute Gasteiger partial charge is 0.356 e. The van der Waals surface area contributed by atoms with Crippen LogP contribution >= 0.6 is 0 Å². The molecular weight excluding hydrogens is 400 g/mol. The molecule has 2 nitrogen and oxygen atoms in total. The first-order valence-electron chi connectivity index (χ1n) is 15.5. The minimum atomic E-state index is 0.636. The van der Waals surface area contributed by atoms with E-state index in [1.807, 2.05) is 0 Å². The molecule has 0 aromatic heterocycles. The molecule has 0 fully saturated rings. The van der Waals surface area contributed by atoms with E-state index in [-0.39, 0.29) is 0 Å². The highest BCUT2D eigenvalue weighted by Crippen LogP contribution is 2.22. The summed E-state index contributed by atoms with van der Waals surface area (Å²) in [6.45, 7) is 9.46. The van der Waals surface area contributed by atoms with Gasteiger partial charge in [0.1, 0.15) is 6.17 Å². The molecule has 0 spiro atoms. The van der Waals surface area contributed by atoms with Gasteiger partial charge in [-0.05, 0) is 19.3 Å². The normalized spacial score (nSPS) is 15.8. The fourth-order valence-corrected chi connectivity index (χ4v) is 5.34. The predicted octanol–water partition coefficient (Wildman–Crippen LogP) is 10.4. The van der Waals surface area contributed by atoms with E-state index in [2.05, 4.69) is 43.0 Å². The zero-order valence-electron chi connectivity index (χ0n) is 23.3. The second-order valence-electron chi connectivity index (χ2n) is 10.8. The summed E-state index contributed by atoms with van der Waals surface area (Å²) < 4.78 is 0. The summed E-state index contributed by atoms with van der Waals surface area (Å²) in [4.78, 5) is 5.28. The monoisotopic (exact) mass is 462 g/mol. The molecule has 0 aromatic rings. The van der Waals surface area contributed by atoms with Crippen LogP contribution in [0, 0.1) is 0 Å². The predicted molar refractivity (Wildman–Crippen MR) is 150 cm³/mol. The van der Waals surface area contributed by atoms with E-state index in [4.69, 9.17) is 0 Å². The summed E-state index contributed by atoms with van der Waals surface area (Å²) in [7, 11) is 0. The Balaban J connectivity index is 1.98. The Morgan fingerprint density at radius 3 is 1.00 bits per heavy atom. The van der Waals surface area contributed by atoms with Crippen molar-refractivity contribution >= 4 is 0 Å². The van der Waals surface area contributed by atoms with Gasteiger partial charge in [-0.3, -0.25) is 0 Å². The van der Waals surface area contributed by atoms with Gasteiger partial charge in [-0.1, -0.05) is 149 Å². The Bertz CT molecular complexity index is 419. The van der Waals surface area contributed by atoms with Crippen molar-refractivity contribution in [2.45, 2.75) is 175 Å². The minimum Gasteiger partial charge on any atom is -0.356 e. The van der Waals surface area contributed by atoms with Crippen molar-refractivity contribution in [3.05, 3.63) is 12.4 Å². The first-order valence-corrected chi connectivity index (χ1v) is 15.5. The maximum Gasteiger partial charge on any atom is 0.101 e. The molecule has 1 atom stereocenters. The lowest BCUT2D eigenvalue weighted by molar-refractivity contribution is 0.138. The van der Waals surface area contributed by atoms with Gasteiger partial charge in [-0.2, -0.15) is 0 Å². The van der Waals surface area contributed by atoms with Gasteiger partial charge in [0.2, 0.25) is 0 Å². The summed E-state index contributed by atoms with van der Waals surface area (Å²) >= 11 is 0. The van der Waals surface area contributed by atoms with Crippen molar-refractivity contribution in [1.29, 1.82) is 0 Å². The molecular formula is C31H62N2. The first-order chi connectivity index (χ1) is 16.3. The third kappa shape index (κ3) is 16.6. The zero-order valence-corrected chi connectivity index (χ0v) is 23.3. The highest BCUT2D eigenvalue weighted by Gasteiger charge is 2.24. The van der Waals surface area contributed by atoms with E-state index in [9.17, 15) is 0 Å². The molecule has 1 rings (SSSR count). The fourth-order valence-electron chi connectivity index (χ4n) is 5.34. The van der Waals surface area contributed by atoms with Crippen LogP contribution in [0.4, 0.5) is 0 Å². The number of nitrogens with zero attached hydrogens (tertiary/aromatic N) is 2. The summed E-state index contributed by atoms with van der Waals surface area (Å²) in [6.07, 6.45) is 38.1. The molecule has 0 saturated heterocycles. The second-order valence-corrected chi connectivity index (χ2v) is 10.8. The fraction of sp³-hybridized carbons (Fsp3) is 0.935. The van der Waals surface area contributed by atoms with Crippen molar-refractivity contribution in [3.8, 4) is 0 Å². The van der Waals surface area contributed by atoms with Gasteiger partial charge in [0, 0.05) is 25.5 Å². The van der Waals surface area contributed by atoms with Crippen LogP contribution in [-0.4, -0.2) is 29.1 Å². The van der Waals surface area contributed by atoms with E-state index < -0.39 is 0 Å². The highest BCUT2D eigenvalue weighted by atomic mass is 15.4. The SMILES string of the molecule is CCCCCCCCCCCCCCCCN1C=CN(CCCCCCCCC)C1CCC. The Labute approximate surface area is 210 Å². The molecule has 0 aliphatic carbocycles. The molecule has 1 unspecified atom stereocenters. The first kappa shape index (κ1) is 30.4. The Morgan fingerprint density at radius 1 is 0.394 bits per heavy atom. The van der Waals surface area contributed by atoms with Crippen molar-refractivity contribution < 1.29 is 0 Å². The molecule has 1 aliphatic rings. The molecule has 0 bridgehead atoms. The number of hydrogen-bond acceptors (Lipinski definition) is 2. The molecule has 33 heavy (non-hydrogen) atoms. The summed E-state index contributed by atoms with van der Waals surface area (Å²) in [6, 6.07) is 0. The van der Waals surface area contributed by atoms with Gasteiger partial charge in [-0.25, -0.2) is 0 Å². The standard InChI is InChI=1S/C31H62N2/c1-4-7-9-11-13-14-15-16-17-18-19-21-23-25-28-33-30-29-32(31(33)26-6-3)27-24-22-20-12-10-8-5-2/h29-31H,4-28H2,1-3H3.